The molecule has 12 heteroatoms. The number of nitrogens with one attached hydrogen (secondary N) is 2. The predicted octanol–water partition coefficient (Wildman–Crippen LogP) is 3.39. The average molecular weight is 532 g/mol. The maximum absolute atomic E-state index is 13.0. The Balaban J connectivity index is 1.57. The first-order valence-corrected chi connectivity index (χ1v) is 13.0. The van der Waals surface area contributed by atoms with Gasteiger partial charge in [-0.15, -0.1) is 11.8 Å². The van der Waals surface area contributed by atoms with Crippen LogP contribution >= 0.6 is 11.8 Å². The van der Waals surface area contributed by atoms with Crippen LogP contribution in [0.5, 0.6) is 0 Å². The van der Waals surface area contributed by atoms with Crippen LogP contribution < -0.4 is 15.8 Å². The zero-order chi connectivity index (χ0) is 26.3. The van der Waals surface area contributed by atoms with Gasteiger partial charge in [0.2, 0.25) is 15.9 Å². The number of ether oxygens (including phenoxy) is 1. The summed E-state index contributed by atoms with van der Waals surface area (Å²) in [5.74, 6) is -2.18. The normalized spacial score (nSPS) is 11.9. The number of anilines is 2. The third kappa shape index (κ3) is 7.63. The molecule has 0 saturated heterocycles. The molecule has 2 amide bonds. The van der Waals surface area contributed by atoms with Gasteiger partial charge in [0.25, 0.3) is 5.91 Å². The van der Waals surface area contributed by atoms with Crippen molar-refractivity contribution in [3.05, 3.63) is 84.2 Å². The van der Waals surface area contributed by atoms with E-state index in [0.29, 0.717) is 16.3 Å². The SMILES string of the molecule is C[C@H](OC(=O)c1ccccc1SCC(=O)Nc1ccc(F)cc1)C(=O)Nc1ccc(S(N)(=O)=O)cc1. The molecule has 4 N–H and O–H groups in total. The summed E-state index contributed by atoms with van der Waals surface area (Å²) in [7, 11) is -3.87. The number of benzene rings is 3. The lowest BCUT2D eigenvalue weighted by Crippen LogP contribution is -2.30. The number of primary sulfonamides is 1. The number of carbonyl (C=O) groups is 3. The summed E-state index contributed by atoms with van der Waals surface area (Å²) in [6, 6.07) is 17.0. The molecule has 0 aliphatic rings. The van der Waals surface area contributed by atoms with Crippen LogP contribution in [0.4, 0.5) is 15.8 Å². The van der Waals surface area contributed by atoms with Crippen molar-refractivity contribution in [3.63, 3.8) is 0 Å². The number of carbonyl (C=O) groups excluding carboxylic acids is 3. The Morgan fingerprint density at radius 2 is 1.53 bits per heavy atom. The molecule has 3 aromatic rings. The van der Waals surface area contributed by atoms with Gasteiger partial charge in [-0.25, -0.2) is 22.7 Å². The van der Waals surface area contributed by atoms with Gasteiger partial charge in [0.05, 0.1) is 16.2 Å². The molecule has 0 aliphatic carbocycles. The van der Waals surface area contributed by atoms with Gasteiger partial charge >= 0.3 is 5.97 Å². The van der Waals surface area contributed by atoms with Gasteiger partial charge in [-0.1, -0.05) is 12.1 Å². The maximum atomic E-state index is 13.0. The monoisotopic (exact) mass is 531 g/mol. The fourth-order valence-electron chi connectivity index (χ4n) is 2.88. The lowest BCUT2D eigenvalue weighted by molar-refractivity contribution is -0.123. The molecule has 0 radical (unpaired) electrons. The van der Waals surface area contributed by atoms with Crippen molar-refractivity contribution in [2.75, 3.05) is 16.4 Å². The summed E-state index contributed by atoms with van der Waals surface area (Å²) in [5, 5.41) is 10.2. The molecule has 9 nitrogen and oxygen atoms in total. The summed E-state index contributed by atoms with van der Waals surface area (Å²) in [5.41, 5.74) is 0.904. The summed E-state index contributed by atoms with van der Waals surface area (Å²) >= 11 is 1.10. The highest BCUT2D eigenvalue weighted by Gasteiger charge is 2.21. The van der Waals surface area contributed by atoms with Crippen molar-refractivity contribution >= 4 is 50.9 Å². The Kier molecular flexibility index (Phi) is 8.80. The maximum Gasteiger partial charge on any atom is 0.340 e. The molecular formula is C24H22FN3O6S2. The standard InChI is InChI=1S/C24H22FN3O6S2/c1-15(23(30)28-18-10-12-19(13-11-18)36(26,32)33)34-24(31)20-4-2-3-5-21(20)35-14-22(29)27-17-8-6-16(25)7-9-17/h2-13,15H,14H2,1H3,(H,27,29)(H,28,30)(H2,26,32,33)/t15-/m0/s1. The number of hydrogen-bond donors (Lipinski definition) is 3. The van der Waals surface area contributed by atoms with Gasteiger partial charge < -0.3 is 15.4 Å². The first-order chi connectivity index (χ1) is 17.0. The molecule has 0 spiro atoms. The van der Waals surface area contributed by atoms with E-state index in [1.54, 1.807) is 18.2 Å². The van der Waals surface area contributed by atoms with E-state index in [1.807, 2.05) is 0 Å². The van der Waals surface area contributed by atoms with E-state index >= 15 is 0 Å². The fourth-order valence-corrected chi connectivity index (χ4v) is 4.24. The van der Waals surface area contributed by atoms with E-state index < -0.39 is 33.8 Å². The smallest absolute Gasteiger partial charge is 0.340 e. The van der Waals surface area contributed by atoms with Crippen LogP contribution in [-0.2, 0) is 24.3 Å². The van der Waals surface area contributed by atoms with Crippen LogP contribution in [0.1, 0.15) is 17.3 Å². The minimum Gasteiger partial charge on any atom is -0.449 e. The van der Waals surface area contributed by atoms with E-state index in [9.17, 15) is 27.2 Å². The summed E-state index contributed by atoms with van der Waals surface area (Å²) in [6.45, 7) is 1.39. The largest absolute Gasteiger partial charge is 0.449 e. The highest BCUT2D eigenvalue weighted by molar-refractivity contribution is 8.00. The number of amides is 2. The number of esters is 1. The Bertz CT molecular complexity index is 1360. The van der Waals surface area contributed by atoms with Crippen LogP contribution in [0.15, 0.2) is 82.6 Å². The number of rotatable bonds is 9. The molecule has 1 atom stereocenters. The molecule has 0 aliphatic heterocycles. The number of sulfonamides is 1. The second-order valence-electron chi connectivity index (χ2n) is 7.45. The van der Waals surface area contributed by atoms with Gasteiger partial charge in [-0.2, -0.15) is 0 Å². The molecule has 3 rings (SSSR count). The van der Waals surface area contributed by atoms with Gasteiger partial charge in [0, 0.05) is 16.3 Å². The molecule has 3 aromatic carbocycles. The van der Waals surface area contributed by atoms with Crippen LogP contribution in [0.2, 0.25) is 0 Å². The molecule has 0 fully saturated rings. The fraction of sp³-hybridized carbons (Fsp3) is 0.125. The minimum absolute atomic E-state index is 0.0216. The molecule has 188 valence electrons. The number of thioether (sulfide) groups is 1. The summed E-state index contributed by atoms with van der Waals surface area (Å²) in [4.78, 5) is 37.8. The van der Waals surface area contributed by atoms with E-state index in [4.69, 9.17) is 9.88 Å². The lowest BCUT2D eigenvalue weighted by atomic mass is 10.2. The van der Waals surface area contributed by atoms with Crippen LogP contribution in [0.25, 0.3) is 0 Å². The molecule has 36 heavy (non-hydrogen) atoms. The average Bonchev–Trinajstić information content (AvgIpc) is 2.84. The molecule has 0 bridgehead atoms. The van der Waals surface area contributed by atoms with Crippen molar-refractivity contribution in [2.45, 2.75) is 22.8 Å². The first kappa shape index (κ1) is 26.9. The van der Waals surface area contributed by atoms with Crippen molar-refractivity contribution < 1.29 is 31.9 Å². The van der Waals surface area contributed by atoms with Gasteiger partial charge in [-0.05, 0) is 67.6 Å². The second-order valence-corrected chi connectivity index (χ2v) is 10.0. The molecule has 0 saturated carbocycles. The lowest BCUT2D eigenvalue weighted by Gasteiger charge is -2.15. The number of halogens is 1. The number of nitrogens with two attached hydrogens (primary N) is 1. The van der Waals surface area contributed by atoms with Crippen molar-refractivity contribution in [2.24, 2.45) is 5.14 Å². The Hall–Kier alpha value is -3.74. The number of hydrogen-bond acceptors (Lipinski definition) is 7. The minimum atomic E-state index is -3.87. The van der Waals surface area contributed by atoms with Gasteiger partial charge in [0.1, 0.15) is 5.82 Å². The van der Waals surface area contributed by atoms with Gasteiger partial charge in [0.15, 0.2) is 6.10 Å². The van der Waals surface area contributed by atoms with Gasteiger partial charge in [-0.3, -0.25) is 9.59 Å². The molecule has 0 unspecified atom stereocenters. The van der Waals surface area contributed by atoms with Crippen LogP contribution in [0, 0.1) is 5.82 Å². The Morgan fingerprint density at radius 1 is 0.944 bits per heavy atom. The molecule has 0 aromatic heterocycles. The first-order valence-electron chi connectivity index (χ1n) is 10.4. The highest BCUT2D eigenvalue weighted by atomic mass is 32.2. The van der Waals surface area contributed by atoms with E-state index in [1.165, 1.54) is 61.5 Å². The van der Waals surface area contributed by atoms with Crippen molar-refractivity contribution in [1.82, 2.24) is 0 Å². The Morgan fingerprint density at radius 3 is 2.17 bits per heavy atom. The van der Waals surface area contributed by atoms with E-state index in [-0.39, 0.29) is 22.1 Å². The van der Waals surface area contributed by atoms with Crippen LogP contribution in [-0.4, -0.2) is 38.1 Å². The Labute approximate surface area is 211 Å². The zero-order valence-corrected chi connectivity index (χ0v) is 20.6. The third-order valence-corrected chi connectivity index (χ3v) is 6.70. The zero-order valence-electron chi connectivity index (χ0n) is 18.9. The molecule has 0 heterocycles. The highest BCUT2D eigenvalue weighted by Crippen LogP contribution is 2.24. The molecular weight excluding hydrogens is 509 g/mol. The quantitative estimate of drug-likeness (QED) is 0.283. The topological polar surface area (TPSA) is 145 Å². The van der Waals surface area contributed by atoms with Crippen LogP contribution in [0.3, 0.4) is 0 Å². The van der Waals surface area contributed by atoms with Crippen molar-refractivity contribution in [3.8, 4) is 0 Å². The summed E-state index contributed by atoms with van der Waals surface area (Å²) in [6.07, 6.45) is -1.17. The second kappa shape index (κ2) is 11.8. The summed E-state index contributed by atoms with van der Waals surface area (Å²) < 4.78 is 41.0. The van der Waals surface area contributed by atoms with E-state index in [0.717, 1.165) is 11.8 Å². The van der Waals surface area contributed by atoms with E-state index in [2.05, 4.69) is 10.6 Å². The van der Waals surface area contributed by atoms with Crippen molar-refractivity contribution in [1.29, 1.82) is 0 Å². The predicted molar refractivity (Wildman–Crippen MR) is 134 cm³/mol. The third-order valence-electron chi connectivity index (χ3n) is 4.70.